The number of hydrogen-bond donors (Lipinski definition) is 1. The highest BCUT2D eigenvalue weighted by Gasteiger charge is 2.36. The molecule has 1 aliphatic heterocycles. The van der Waals surface area contributed by atoms with Crippen molar-refractivity contribution >= 4 is 0 Å². The number of ether oxygens (including phenoxy) is 1. The van der Waals surface area contributed by atoms with Crippen molar-refractivity contribution in [2.24, 2.45) is 11.7 Å². The van der Waals surface area contributed by atoms with Crippen molar-refractivity contribution in [1.29, 1.82) is 5.26 Å². The van der Waals surface area contributed by atoms with Crippen molar-refractivity contribution < 1.29 is 9.15 Å². The van der Waals surface area contributed by atoms with Crippen molar-refractivity contribution in [3.05, 3.63) is 39.3 Å². The van der Waals surface area contributed by atoms with Crippen molar-refractivity contribution in [1.82, 2.24) is 0 Å². The molecule has 1 aliphatic rings. The summed E-state index contributed by atoms with van der Waals surface area (Å²) < 4.78 is 10.6. The molecule has 2 heterocycles. The van der Waals surface area contributed by atoms with Crippen LogP contribution in [0.25, 0.3) is 0 Å². The molecular weight excluding hydrogens is 256 g/mol. The minimum Gasteiger partial charge on any atom is -0.440 e. The third-order valence-corrected chi connectivity index (χ3v) is 3.82. The Morgan fingerprint density at radius 2 is 2.10 bits per heavy atom. The van der Waals surface area contributed by atoms with Crippen LogP contribution in [0.4, 0.5) is 0 Å². The SMILES string of the molecule is CCC(CC)[C@H]1C(C#N)=C(N)Oc2cc(C)oc(=O)c21. The normalized spacial score (nSPS) is 17.6. The maximum absolute atomic E-state index is 12.2. The molecular formula is C15H18N2O3. The maximum Gasteiger partial charge on any atom is 0.343 e. The van der Waals surface area contributed by atoms with Gasteiger partial charge in [-0.3, -0.25) is 0 Å². The van der Waals surface area contributed by atoms with E-state index >= 15 is 0 Å². The molecule has 1 aromatic heterocycles. The molecule has 20 heavy (non-hydrogen) atoms. The van der Waals surface area contributed by atoms with Gasteiger partial charge in [0.25, 0.3) is 0 Å². The second-order valence-electron chi connectivity index (χ2n) is 4.97. The second-order valence-corrected chi connectivity index (χ2v) is 4.97. The third-order valence-electron chi connectivity index (χ3n) is 3.82. The number of aryl methyl sites for hydroxylation is 1. The van der Waals surface area contributed by atoms with Crippen LogP contribution in [0.1, 0.15) is 43.9 Å². The van der Waals surface area contributed by atoms with Crippen LogP contribution in [-0.2, 0) is 0 Å². The monoisotopic (exact) mass is 274 g/mol. The number of rotatable bonds is 3. The highest BCUT2D eigenvalue weighted by molar-refractivity contribution is 5.49. The number of hydrogen-bond acceptors (Lipinski definition) is 5. The van der Waals surface area contributed by atoms with E-state index in [2.05, 4.69) is 6.07 Å². The summed E-state index contributed by atoms with van der Waals surface area (Å²) in [4.78, 5) is 12.2. The molecule has 0 bridgehead atoms. The van der Waals surface area contributed by atoms with Gasteiger partial charge in [0, 0.05) is 12.0 Å². The van der Waals surface area contributed by atoms with Gasteiger partial charge in [-0.1, -0.05) is 26.7 Å². The Hall–Kier alpha value is -2.22. The van der Waals surface area contributed by atoms with Crippen molar-refractivity contribution in [3.63, 3.8) is 0 Å². The molecule has 0 aromatic carbocycles. The molecule has 0 unspecified atom stereocenters. The fraction of sp³-hybridized carbons (Fsp3) is 0.467. The van der Waals surface area contributed by atoms with Crippen LogP contribution in [-0.4, -0.2) is 0 Å². The Morgan fingerprint density at radius 3 is 2.65 bits per heavy atom. The summed E-state index contributed by atoms with van der Waals surface area (Å²) in [5, 5.41) is 9.34. The number of allylic oxidation sites excluding steroid dienone is 1. The minimum atomic E-state index is -0.447. The Morgan fingerprint density at radius 1 is 1.45 bits per heavy atom. The van der Waals surface area contributed by atoms with Gasteiger partial charge >= 0.3 is 5.63 Å². The lowest BCUT2D eigenvalue weighted by molar-refractivity contribution is 0.330. The lowest BCUT2D eigenvalue weighted by Crippen LogP contribution is -2.29. The molecule has 0 spiro atoms. The van der Waals surface area contributed by atoms with E-state index in [1.165, 1.54) is 0 Å². The molecule has 1 atom stereocenters. The van der Waals surface area contributed by atoms with Crippen LogP contribution in [0, 0.1) is 24.2 Å². The summed E-state index contributed by atoms with van der Waals surface area (Å²) in [7, 11) is 0. The van der Waals surface area contributed by atoms with Crippen LogP contribution >= 0.6 is 0 Å². The Labute approximate surface area is 117 Å². The van der Waals surface area contributed by atoms with Crippen molar-refractivity contribution in [2.45, 2.75) is 39.5 Å². The first-order valence-electron chi connectivity index (χ1n) is 6.75. The molecule has 0 amide bonds. The van der Waals surface area contributed by atoms with E-state index in [0.717, 1.165) is 12.8 Å². The molecule has 5 nitrogen and oxygen atoms in total. The molecule has 0 saturated carbocycles. The number of fused-ring (bicyclic) bond motifs is 1. The zero-order valence-corrected chi connectivity index (χ0v) is 11.9. The topological polar surface area (TPSA) is 89.2 Å². The van der Waals surface area contributed by atoms with Gasteiger partial charge in [-0.15, -0.1) is 0 Å². The predicted octanol–water partition coefficient (Wildman–Crippen LogP) is 2.55. The molecule has 106 valence electrons. The van der Waals surface area contributed by atoms with E-state index in [1.54, 1.807) is 13.0 Å². The summed E-state index contributed by atoms with van der Waals surface area (Å²) in [5.41, 5.74) is 6.13. The fourth-order valence-corrected chi connectivity index (χ4v) is 2.79. The molecule has 2 rings (SSSR count). The molecule has 1 aromatic rings. The van der Waals surface area contributed by atoms with E-state index in [9.17, 15) is 10.1 Å². The van der Waals surface area contributed by atoms with Crippen LogP contribution in [0.2, 0.25) is 0 Å². The molecule has 0 saturated heterocycles. The summed E-state index contributed by atoms with van der Waals surface area (Å²) in [6.45, 7) is 5.74. The first-order valence-corrected chi connectivity index (χ1v) is 6.75. The third kappa shape index (κ3) is 2.18. The fourth-order valence-electron chi connectivity index (χ4n) is 2.79. The number of nitriles is 1. The van der Waals surface area contributed by atoms with E-state index in [4.69, 9.17) is 14.9 Å². The molecule has 2 N–H and O–H groups in total. The predicted molar refractivity (Wildman–Crippen MR) is 74.0 cm³/mol. The van der Waals surface area contributed by atoms with Gasteiger partial charge in [-0.2, -0.15) is 5.26 Å². The second kappa shape index (κ2) is 5.41. The van der Waals surface area contributed by atoms with Crippen LogP contribution in [0.3, 0.4) is 0 Å². The lowest BCUT2D eigenvalue weighted by atomic mass is 9.77. The van der Waals surface area contributed by atoms with Gasteiger partial charge in [0.05, 0.1) is 11.1 Å². The van der Waals surface area contributed by atoms with Crippen molar-refractivity contribution in [2.75, 3.05) is 0 Å². The first-order chi connectivity index (χ1) is 9.53. The molecule has 0 fully saturated rings. The Kier molecular flexibility index (Phi) is 3.84. The molecule has 0 radical (unpaired) electrons. The van der Waals surface area contributed by atoms with E-state index < -0.39 is 5.63 Å². The lowest BCUT2D eigenvalue weighted by Gasteiger charge is -2.30. The number of nitrogens with two attached hydrogens (primary N) is 1. The number of nitrogens with zero attached hydrogens (tertiary/aromatic N) is 1. The van der Waals surface area contributed by atoms with Gasteiger partial charge in [0.1, 0.15) is 17.6 Å². The van der Waals surface area contributed by atoms with Crippen LogP contribution < -0.4 is 16.1 Å². The first kappa shape index (κ1) is 14.2. The highest BCUT2D eigenvalue weighted by atomic mass is 16.5. The smallest absolute Gasteiger partial charge is 0.343 e. The Balaban J connectivity index is 2.70. The van der Waals surface area contributed by atoms with E-state index in [0.29, 0.717) is 22.6 Å². The maximum atomic E-state index is 12.2. The Bertz CT molecular complexity index is 648. The zero-order chi connectivity index (χ0) is 14.9. The highest BCUT2D eigenvalue weighted by Crippen LogP contribution is 2.42. The summed E-state index contributed by atoms with van der Waals surface area (Å²) in [6, 6.07) is 3.73. The van der Waals surface area contributed by atoms with Crippen LogP contribution in [0.15, 0.2) is 26.7 Å². The van der Waals surface area contributed by atoms with Gasteiger partial charge in [0.15, 0.2) is 0 Å². The van der Waals surface area contributed by atoms with Gasteiger partial charge in [-0.25, -0.2) is 4.79 Å². The molecule has 5 heteroatoms. The summed E-state index contributed by atoms with van der Waals surface area (Å²) in [6.07, 6.45) is 1.68. The summed E-state index contributed by atoms with van der Waals surface area (Å²) in [5.74, 6) is 0.756. The average molecular weight is 274 g/mol. The van der Waals surface area contributed by atoms with Crippen molar-refractivity contribution in [3.8, 4) is 11.8 Å². The minimum absolute atomic E-state index is 0.0851. The largest absolute Gasteiger partial charge is 0.440 e. The summed E-state index contributed by atoms with van der Waals surface area (Å²) >= 11 is 0. The zero-order valence-electron chi connectivity index (χ0n) is 11.9. The average Bonchev–Trinajstić information content (AvgIpc) is 2.39. The quantitative estimate of drug-likeness (QED) is 0.914. The standard InChI is InChI=1S/C15H18N2O3/c1-4-9(5-2)12-10(7-16)14(17)20-11-6-8(3)19-15(18)13(11)12/h6,9,12H,4-5,17H2,1-3H3/t12-/m0/s1. The molecule has 0 aliphatic carbocycles. The van der Waals surface area contributed by atoms with Gasteiger partial charge in [-0.05, 0) is 12.8 Å². The van der Waals surface area contributed by atoms with E-state index in [-0.39, 0.29) is 17.7 Å². The van der Waals surface area contributed by atoms with E-state index in [1.807, 2.05) is 13.8 Å². The van der Waals surface area contributed by atoms with Gasteiger partial charge < -0.3 is 14.9 Å². The van der Waals surface area contributed by atoms with Gasteiger partial charge in [0.2, 0.25) is 5.88 Å². The van der Waals surface area contributed by atoms with Crippen LogP contribution in [0.5, 0.6) is 5.75 Å².